The van der Waals surface area contributed by atoms with Gasteiger partial charge in [-0.05, 0) is 62.5 Å². The molecule has 1 unspecified atom stereocenters. The minimum Gasteiger partial charge on any atom is -0.481 e. The van der Waals surface area contributed by atoms with Gasteiger partial charge in [-0.3, -0.25) is 19.8 Å². The second kappa shape index (κ2) is 9.28. The molecule has 1 saturated heterocycles. The van der Waals surface area contributed by atoms with Gasteiger partial charge in [0.05, 0.1) is 25.2 Å². The highest BCUT2D eigenvalue weighted by atomic mass is 19.1. The van der Waals surface area contributed by atoms with Crippen LogP contribution in [-0.4, -0.2) is 67.8 Å². The average Bonchev–Trinajstić information content (AvgIpc) is 3.31. The van der Waals surface area contributed by atoms with E-state index in [4.69, 9.17) is 4.74 Å². The fourth-order valence-corrected chi connectivity index (χ4v) is 5.85. The zero-order chi connectivity index (χ0) is 25.6. The first kappa shape index (κ1) is 23.6. The van der Waals surface area contributed by atoms with Crippen molar-refractivity contribution in [3.05, 3.63) is 47.3 Å². The molecule has 11 heteroatoms. The van der Waals surface area contributed by atoms with E-state index in [2.05, 4.69) is 30.7 Å². The number of aromatic amines is 2. The van der Waals surface area contributed by atoms with Crippen molar-refractivity contribution < 1.29 is 18.7 Å². The van der Waals surface area contributed by atoms with Crippen molar-refractivity contribution in [3.8, 4) is 17.1 Å². The maximum Gasteiger partial charge on any atom is 0.272 e. The largest absolute Gasteiger partial charge is 0.481 e. The fraction of sp³-hybridized carbons (Fsp3) is 0.500. The third-order valence-electron chi connectivity index (χ3n) is 8.15. The Kier molecular flexibility index (Phi) is 5.92. The highest BCUT2D eigenvalue weighted by molar-refractivity contribution is 5.94. The summed E-state index contributed by atoms with van der Waals surface area (Å²) in [5.74, 6) is -0.0489. The monoisotopic (exact) mass is 507 g/mol. The number of pyridine rings is 1. The number of ether oxygens (including phenoxy) is 1. The predicted octanol–water partition coefficient (Wildman–Crippen LogP) is 2.65. The number of H-pyrrole nitrogens is 2. The highest BCUT2D eigenvalue weighted by Gasteiger charge is 2.54. The number of amides is 2. The van der Waals surface area contributed by atoms with Gasteiger partial charge in [0, 0.05) is 41.9 Å². The number of hydrogen-bond donors (Lipinski definition) is 3. The quantitative estimate of drug-likeness (QED) is 0.471. The zero-order valence-corrected chi connectivity index (χ0v) is 20.7. The molecule has 1 aliphatic heterocycles. The number of piperidine rings is 1. The molecule has 3 aromatic heterocycles. The number of carbonyl (C=O) groups excluding carboxylic acids is 2. The molecule has 0 radical (unpaired) electrons. The van der Waals surface area contributed by atoms with Gasteiger partial charge < -0.3 is 15.0 Å². The van der Waals surface area contributed by atoms with E-state index in [1.807, 2.05) is 11.1 Å². The summed E-state index contributed by atoms with van der Waals surface area (Å²) >= 11 is 0. The van der Waals surface area contributed by atoms with Gasteiger partial charge in [-0.15, -0.1) is 0 Å². The van der Waals surface area contributed by atoms with Crippen LogP contribution in [0.4, 0.5) is 4.39 Å². The molecule has 194 valence electrons. The summed E-state index contributed by atoms with van der Waals surface area (Å²) in [6, 6.07) is 3.01. The Morgan fingerprint density at radius 2 is 2.11 bits per heavy atom. The summed E-state index contributed by atoms with van der Waals surface area (Å²) in [6.45, 7) is 1.17. The highest BCUT2D eigenvalue weighted by Crippen LogP contribution is 2.50. The van der Waals surface area contributed by atoms with E-state index >= 15 is 0 Å². The molecule has 6 rings (SSSR count). The first-order chi connectivity index (χ1) is 18.0. The lowest BCUT2D eigenvalue weighted by molar-refractivity contribution is -0.127. The van der Waals surface area contributed by atoms with Gasteiger partial charge in [-0.1, -0.05) is 0 Å². The van der Waals surface area contributed by atoms with Gasteiger partial charge in [0.1, 0.15) is 5.69 Å². The van der Waals surface area contributed by atoms with E-state index in [-0.39, 0.29) is 34.7 Å². The summed E-state index contributed by atoms with van der Waals surface area (Å²) in [4.78, 5) is 32.2. The second-order valence-corrected chi connectivity index (χ2v) is 10.5. The lowest BCUT2D eigenvalue weighted by atomic mass is 9.86. The van der Waals surface area contributed by atoms with Gasteiger partial charge in [-0.2, -0.15) is 10.2 Å². The Hall–Kier alpha value is -3.76. The normalized spacial score (nSPS) is 21.9. The number of hydrogen-bond acceptors (Lipinski definition) is 6. The maximum atomic E-state index is 14.3. The maximum absolute atomic E-state index is 14.3. The summed E-state index contributed by atoms with van der Waals surface area (Å²) in [5.41, 5.74) is 3.00. The van der Waals surface area contributed by atoms with Crippen LogP contribution in [0.1, 0.15) is 53.8 Å². The van der Waals surface area contributed by atoms with E-state index in [0.29, 0.717) is 43.2 Å². The fourth-order valence-electron chi connectivity index (χ4n) is 5.85. The van der Waals surface area contributed by atoms with Crippen molar-refractivity contribution in [2.24, 2.45) is 11.8 Å². The Labute approximate surface area is 213 Å². The van der Waals surface area contributed by atoms with E-state index in [9.17, 15) is 14.0 Å². The van der Waals surface area contributed by atoms with E-state index in [0.717, 1.165) is 38.3 Å². The molecule has 3 N–H and O–H groups in total. The molecule has 3 aromatic rings. The van der Waals surface area contributed by atoms with Crippen molar-refractivity contribution in [1.82, 2.24) is 35.6 Å². The number of nitrogens with one attached hydrogen (secondary N) is 3. The van der Waals surface area contributed by atoms with Crippen LogP contribution in [0.25, 0.3) is 11.3 Å². The first-order valence-electron chi connectivity index (χ1n) is 12.8. The third-order valence-corrected chi connectivity index (χ3v) is 8.15. The standard InChI is InChI=1S/C26H30FN7O3/c1-37-23-9-18(19(27)14-28-23)21-10-22(33-32-21)25(36)34-7-4-16(11-26(34)5-6-26)24(35)29-12-15-2-3-20-17(8-15)13-30-31-20/h9-10,13-16H,2-8,11-12H2,1H3,(H,29,35)(H,30,31)(H,32,33)/t15?,16-/m0/s1. The number of nitrogens with zero attached hydrogens (tertiary/aromatic N) is 4. The van der Waals surface area contributed by atoms with E-state index in [1.54, 1.807) is 6.07 Å². The molecule has 1 spiro atoms. The van der Waals surface area contributed by atoms with E-state index < -0.39 is 5.82 Å². The first-order valence-corrected chi connectivity index (χ1v) is 12.8. The molecule has 0 aromatic carbocycles. The second-order valence-electron chi connectivity index (χ2n) is 10.5. The predicted molar refractivity (Wildman–Crippen MR) is 131 cm³/mol. The van der Waals surface area contributed by atoms with Crippen LogP contribution in [0.5, 0.6) is 5.88 Å². The van der Waals surface area contributed by atoms with Crippen LogP contribution >= 0.6 is 0 Å². The number of carbonyl (C=O) groups is 2. The number of aryl methyl sites for hydroxylation is 1. The van der Waals surface area contributed by atoms with Gasteiger partial charge >= 0.3 is 0 Å². The molecule has 0 bridgehead atoms. The Bertz CT molecular complexity index is 1330. The molecule has 3 aliphatic rings. The van der Waals surface area contributed by atoms with Crippen LogP contribution in [0.3, 0.4) is 0 Å². The minimum absolute atomic E-state index is 0.0855. The molecule has 10 nitrogen and oxygen atoms in total. The van der Waals surface area contributed by atoms with Crippen LogP contribution in [0.15, 0.2) is 24.5 Å². The van der Waals surface area contributed by atoms with Crippen LogP contribution in [0, 0.1) is 17.7 Å². The molecule has 2 aliphatic carbocycles. The molecule has 2 atom stereocenters. The van der Waals surface area contributed by atoms with Crippen molar-refractivity contribution in [2.75, 3.05) is 20.2 Å². The number of fused-ring (bicyclic) bond motifs is 1. The van der Waals surface area contributed by atoms with Gasteiger partial charge in [0.2, 0.25) is 11.8 Å². The number of likely N-dealkylation sites (tertiary alicyclic amines) is 1. The molecule has 37 heavy (non-hydrogen) atoms. The number of methoxy groups -OCH3 is 1. The molecule has 2 amide bonds. The number of rotatable bonds is 6. The molecule has 4 heterocycles. The van der Waals surface area contributed by atoms with Gasteiger partial charge in [-0.25, -0.2) is 9.37 Å². The number of halogens is 1. The summed E-state index contributed by atoms with van der Waals surface area (Å²) in [5, 5.41) is 17.3. The molecular formula is C26H30FN7O3. The lowest BCUT2D eigenvalue weighted by Crippen LogP contribution is -2.51. The topological polar surface area (TPSA) is 129 Å². The lowest BCUT2D eigenvalue weighted by Gasteiger charge is -2.39. The Balaban J connectivity index is 1.08. The van der Waals surface area contributed by atoms with Crippen molar-refractivity contribution in [2.45, 2.75) is 50.5 Å². The molecular weight excluding hydrogens is 477 g/mol. The summed E-state index contributed by atoms with van der Waals surface area (Å²) in [6.07, 6.45) is 8.95. The Morgan fingerprint density at radius 1 is 1.24 bits per heavy atom. The van der Waals surface area contributed by atoms with E-state index in [1.165, 1.54) is 24.4 Å². The van der Waals surface area contributed by atoms with Crippen LogP contribution in [0.2, 0.25) is 0 Å². The van der Waals surface area contributed by atoms with Crippen LogP contribution in [-0.2, 0) is 17.6 Å². The SMILES string of the molecule is COc1cc(-c2cc(C(=O)N3CC[C@H](C(=O)NCC4CCc5[nH]ncc5C4)CC34CC4)[nH]n2)c(F)cn1. The van der Waals surface area contributed by atoms with Crippen molar-refractivity contribution in [3.63, 3.8) is 0 Å². The zero-order valence-electron chi connectivity index (χ0n) is 20.7. The third kappa shape index (κ3) is 4.47. The van der Waals surface area contributed by atoms with Crippen LogP contribution < -0.4 is 10.1 Å². The molecule has 2 fully saturated rings. The van der Waals surface area contributed by atoms with Gasteiger partial charge in [0.25, 0.3) is 5.91 Å². The number of aromatic nitrogens is 5. The minimum atomic E-state index is -0.546. The van der Waals surface area contributed by atoms with Crippen molar-refractivity contribution in [1.29, 1.82) is 0 Å². The van der Waals surface area contributed by atoms with Gasteiger partial charge in [0.15, 0.2) is 5.82 Å². The molecule has 1 saturated carbocycles. The van der Waals surface area contributed by atoms with Crippen molar-refractivity contribution >= 4 is 11.8 Å². The summed E-state index contributed by atoms with van der Waals surface area (Å²) in [7, 11) is 1.45. The Morgan fingerprint density at radius 3 is 2.92 bits per heavy atom. The smallest absolute Gasteiger partial charge is 0.272 e. The summed E-state index contributed by atoms with van der Waals surface area (Å²) < 4.78 is 19.4. The average molecular weight is 508 g/mol.